The summed E-state index contributed by atoms with van der Waals surface area (Å²) in [4.78, 5) is 30.0. The maximum Gasteiger partial charge on any atom is 0.319 e. The lowest BCUT2D eigenvalue weighted by atomic mass is 10.2. The number of hydrogen-bond acceptors (Lipinski definition) is 4. The zero-order valence-corrected chi connectivity index (χ0v) is 14.5. The van der Waals surface area contributed by atoms with Gasteiger partial charge in [0.2, 0.25) is 5.91 Å². The lowest BCUT2D eigenvalue weighted by Crippen LogP contribution is -2.31. The molecule has 0 unspecified atom stereocenters. The summed E-state index contributed by atoms with van der Waals surface area (Å²) in [6.07, 6.45) is 1.51. The van der Waals surface area contributed by atoms with Crippen LogP contribution < -0.4 is 15.5 Å². The molecule has 2 N–H and O–H groups in total. The van der Waals surface area contributed by atoms with Crippen LogP contribution in [0.5, 0.6) is 0 Å². The molecule has 0 bridgehead atoms. The molecule has 1 aliphatic heterocycles. The van der Waals surface area contributed by atoms with Crippen LogP contribution in [0.4, 0.5) is 16.2 Å². The van der Waals surface area contributed by atoms with E-state index in [1.54, 1.807) is 17.0 Å². The first-order valence-corrected chi connectivity index (χ1v) is 8.81. The molecule has 3 rings (SSSR count). The number of thiazole rings is 1. The van der Waals surface area contributed by atoms with Gasteiger partial charge >= 0.3 is 6.03 Å². The Kier molecular flexibility index (Phi) is 4.80. The largest absolute Gasteiger partial charge is 0.329 e. The zero-order chi connectivity index (χ0) is 17.1. The summed E-state index contributed by atoms with van der Waals surface area (Å²) < 4.78 is 0. The summed E-state index contributed by atoms with van der Waals surface area (Å²) >= 11 is 1.53. The molecule has 1 saturated heterocycles. The molecule has 2 aromatic rings. The zero-order valence-electron chi connectivity index (χ0n) is 13.7. The third-order valence-corrected chi connectivity index (χ3v) is 5.01. The van der Waals surface area contributed by atoms with Crippen LogP contribution in [-0.4, -0.2) is 23.5 Å². The fourth-order valence-electron chi connectivity index (χ4n) is 2.64. The molecule has 1 aliphatic rings. The molecular weight excluding hydrogens is 324 g/mol. The number of carbonyl (C=O) groups is 2. The Bertz CT molecular complexity index is 741. The summed E-state index contributed by atoms with van der Waals surface area (Å²) in [6.45, 7) is 4.59. The SMILES string of the molecule is Cc1csc([C@H](C)NC(=O)Nc2ccc(N3CCCC3=O)cc2)n1. The fraction of sp³-hybridized carbons (Fsp3) is 0.353. The number of hydrogen-bond donors (Lipinski definition) is 2. The van der Waals surface area contributed by atoms with Crippen molar-refractivity contribution in [1.29, 1.82) is 0 Å². The molecule has 24 heavy (non-hydrogen) atoms. The molecule has 1 atom stereocenters. The normalized spacial score (nSPS) is 15.4. The van der Waals surface area contributed by atoms with E-state index in [0.717, 1.165) is 29.4 Å². The Labute approximate surface area is 144 Å². The number of rotatable bonds is 4. The molecule has 7 heteroatoms. The number of urea groups is 1. The molecule has 1 aromatic heterocycles. The van der Waals surface area contributed by atoms with E-state index in [2.05, 4.69) is 15.6 Å². The lowest BCUT2D eigenvalue weighted by Gasteiger charge is -2.16. The maximum atomic E-state index is 12.1. The van der Waals surface area contributed by atoms with Gasteiger partial charge in [-0.15, -0.1) is 11.3 Å². The van der Waals surface area contributed by atoms with E-state index in [-0.39, 0.29) is 18.0 Å². The van der Waals surface area contributed by atoms with Crippen LogP contribution in [0.15, 0.2) is 29.6 Å². The first kappa shape index (κ1) is 16.4. The minimum Gasteiger partial charge on any atom is -0.329 e. The summed E-state index contributed by atoms with van der Waals surface area (Å²) in [7, 11) is 0. The number of nitrogens with one attached hydrogen (secondary N) is 2. The molecular formula is C17H20N4O2S. The molecule has 0 spiro atoms. The van der Waals surface area contributed by atoms with Crippen molar-refractivity contribution in [2.75, 3.05) is 16.8 Å². The lowest BCUT2D eigenvalue weighted by molar-refractivity contribution is -0.117. The van der Waals surface area contributed by atoms with Crippen LogP contribution >= 0.6 is 11.3 Å². The Morgan fingerprint density at radius 1 is 1.33 bits per heavy atom. The van der Waals surface area contributed by atoms with E-state index in [1.165, 1.54) is 11.3 Å². The quantitative estimate of drug-likeness (QED) is 0.892. The predicted octanol–water partition coefficient (Wildman–Crippen LogP) is 3.46. The molecule has 6 nitrogen and oxygen atoms in total. The average molecular weight is 344 g/mol. The number of nitrogens with zero attached hydrogens (tertiary/aromatic N) is 2. The second kappa shape index (κ2) is 7.00. The van der Waals surface area contributed by atoms with Crippen LogP contribution in [0.2, 0.25) is 0 Å². The van der Waals surface area contributed by atoms with Gasteiger partial charge in [-0.1, -0.05) is 0 Å². The monoisotopic (exact) mass is 344 g/mol. The van der Waals surface area contributed by atoms with Crippen LogP contribution in [0.1, 0.15) is 36.5 Å². The molecule has 1 fully saturated rings. The summed E-state index contributed by atoms with van der Waals surface area (Å²) in [5.74, 6) is 0.154. The Balaban J connectivity index is 1.57. The Morgan fingerprint density at radius 3 is 2.67 bits per heavy atom. The molecule has 0 saturated carbocycles. The Hall–Kier alpha value is -2.41. The van der Waals surface area contributed by atoms with Gasteiger partial charge in [-0.3, -0.25) is 4.79 Å². The first-order valence-electron chi connectivity index (χ1n) is 7.93. The van der Waals surface area contributed by atoms with Gasteiger partial charge in [0.15, 0.2) is 0 Å². The van der Waals surface area contributed by atoms with Gasteiger partial charge in [0.1, 0.15) is 5.01 Å². The molecule has 1 aromatic carbocycles. The van der Waals surface area contributed by atoms with E-state index in [4.69, 9.17) is 0 Å². The van der Waals surface area contributed by atoms with E-state index in [1.807, 2.05) is 31.4 Å². The van der Waals surface area contributed by atoms with Crippen LogP contribution in [0.3, 0.4) is 0 Å². The highest BCUT2D eigenvalue weighted by molar-refractivity contribution is 7.09. The fourth-order valence-corrected chi connectivity index (χ4v) is 3.45. The van der Waals surface area contributed by atoms with E-state index in [0.29, 0.717) is 12.1 Å². The van der Waals surface area contributed by atoms with Crippen LogP contribution in [0.25, 0.3) is 0 Å². The van der Waals surface area contributed by atoms with Crippen molar-refractivity contribution in [1.82, 2.24) is 10.3 Å². The van der Waals surface area contributed by atoms with Crippen molar-refractivity contribution in [3.05, 3.63) is 40.3 Å². The number of amides is 3. The van der Waals surface area contributed by atoms with Crippen molar-refractivity contribution in [3.63, 3.8) is 0 Å². The van der Waals surface area contributed by atoms with E-state index >= 15 is 0 Å². The first-order chi connectivity index (χ1) is 11.5. The van der Waals surface area contributed by atoms with Gasteiger partial charge in [0.25, 0.3) is 0 Å². The highest BCUT2D eigenvalue weighted by atomic mass is 32.1. The number of aryl methyl sites for hydroxylation is 1. The number of carbonyl (C=O) groups excluding carboxylic acids is 2. The second-order valence-electron chi connectivity index (χ2n) is 5.84. The Morgan fingerprint density at radius 2 is 2.08 bits per heavy atom. The van der Waals surface area contributed by atoms with Gasteiger partial charge in [-0.25, -0.2) is 9.78 Å². The van der Waals surface area contributed by atoms with Crippen molar-refractivity contribution in [3.8, 4) is 0 Å². The minimum absolute atomic E-state index is 0.148. The predicted molar refractivity (Wildman–Crippen MR) is 95.4 cm³/mol. The smallest absolute Gasteiger partial charge is 0.319 e. The number of anilines is 2. The van der Waals surface area contributed by atoms with Gasteiger partial charge in [0, 0.05) is 35.4 Å². The second-order valence-corrected chi connectivity index (χ2v) is 6.73. The minimum atomic E-state index is -0.277. The highest BCUT2D eigenvalue weighted by Crippen LogP contribution is 2.23. The standard InChI is InChI=1S/C17H20N4O2S/c1-11-10-24-16(18-11)12(2)19-17(23)20-13-5-7-14(8-6-13)21-9-3-4-15(21)22/h5-8,10,12H,3-4,9H2,1-2H3,(H2,19,20,23)/t12-/m0/s1. The molecule has 126 valence electrons. The maximum absolute atomic E-state index is 12.1. The highest BCUT2D eigenvalue weighted by Gasteiger charge is 2.21. The van der Waals surface area contributed by atoms with E-state index < -0.39 is 0 Å². The van der Waals surface area contributed by atoms with Crippen molar-refractivity contribution in [2.24, 2.45) is 0 Å². The number of aromatic nitrogens is 1. The topological polar surface area (TPSA) is 74.3 Å². The molecule has 0 radical (unpaired) electrons. The molecule has 2 heterocycles. The third kappa shape index (κ3) is 3.73. The summed E-state index contributed by atoms with van der Waals surface area (Å²) in [5.41, 5.74) is 2.51. The third-order valence-electron chi connectivity index (χ3n) is 3.87. The summed E-state index contributed by atoms with van der Waals surface area (Å²) in [6, 6.07) is 6.89. The van der Waals surface area contributed by atoms with Crippen LogP contribution in [0, 0.1) is 6.92 Å². The van der Waals surface area contributed by atoms with Crippen LogP contribution in [-0.2, 0) is 4.79 Å². The van der Waals surface area contributed by atoms with Gasteiger partial charge in [0.05, 0.1) is 6.04 Å². The van der Waals surface area contributed by atoms with Crippen molar-refractivity contribution >= 4 is 34.6 Å². The van der Waals surface area contributed by atoms with Gasteiger partial charge in [-0.05, 0) is 44.5 Å². The van der Waals surface area contributed by atoms with E-state index in [9.17, 15) is 9.59 Å². The van der Waals surface area contributed by atoms with Gasteiger partial charge < -0.3 is 15.5 Å². The number of benzene rings is 1. The van der Waals surface area contributed by atoms with Crippen molar-refractivity contribution < 1.29 is 9.59 Å². The molecule has 0 aliphatic carbocycles. The van der Waals surface area contributed by atoms with Gasteiger partial charge in [-0.2, -0.15) is 0 Å². The summed E-state index contributed by atoms with van der Waals surface area (Å²) in [5, 5.41) is 8.51. The average Bonchev–Trinajstić information content (AvgIpc) is 3.16. The van der Waals surface area contributed by atoms with Crippen molar-refractivity contribution in [2.45, 2.75) is 32.7 Å². The molecule has 3 amide bonds.